The lowest BCUT2D eigenvalue weighted by atomic mass is 9.81. The van der Waals surface area contributed by atoms with Gasteiger partial charge in [-0.05, 0) is 38.5 Å². The third-order valence-corrected chi connectivity index (χ3v) is 6.39. The molecule has 110 valence electrons. The minimum absolute atomic E-state index is 0.132. The van der Waals surface area contributed by atoms with E-state index in [9.17, 15) is 4.79 Å². The van der Waals surface area contributed by atoms with Gasteiger partial charge in [0.2, 0.25) is 5.91 Å². The minimum Gasteiger partial charge on any atom is -0.354 e. The standard InChI is InChI=1S/C15H28N2OS/c1-3-6-14(9-10-16-11-14)13(18)17-12-15(19-2)7-4-5-8-15/h16H,3-12H2,1-2H3,(H,17,18). The number of rotatable bonds is 6. The van der Waals surface area contributed by atoms with E-state index in [4.69, 9.17) is 0 Å². The van der Waals surface area contributed by atoms with Gasteiger partial charge in [-0.2, -0.15) is 11.8 Å². The molecular weight excluding hydrogens is 256 g/mol. The lowest BCUT2D eigenvalue weighted by molar-refractivity contribution is -0.130. The number of nitrogens with one attached hydrogen (secondary N) is 2. The van der Waals surface area contributed by atoms with E-state index in [1.165, 1.54) is 25.7 Å². The second kappa shape index (κ2) is 6.49. The van der Waals surface area contributed by atoms with Crippen molar-refractivity contribution in [3.05, 3.63) is 0 Å². The Morgan fingerprint density at radius 1 is 1.32 bits per heavy atom. The molecule has 1 saturated carbocycles. The van der Waals surface area contributed by atoms with Crippen LogP contribution in [-0.2, 0) is 4.79 Å². The second-order valence-electron chi connectivity index (χ2n) is 6.23. The van der Waals surface area contributed by atoms with Gasteiger partial charge in [0.1, 0.15) is 0 Å². The van der Waals surface area contributed by atoms with Crippen LogP contribution in [0.1, 0.15) is 51.9 Å². The number of hydrogen-bond acceptors (Lipinski definition) is 3. The van der Waals surface area contributed by atoms with Crippen molar-refractivity contribution in [1.82, 2.24) is 10.6 Å². The van der Waals surface area contributed by atoms with Gasteiger partial charge < -0.3 is 10.6 Å². The van der Waals surface area contributed by atoms with Gasteiger partial charge in [0.05, 0.1) is 5.41 Å². The van der Waals surface area contributed by atoms with E-state index < -0.39 is 0 Å². The van der Waals surface area contributed by atoms with Crippen LogP contribution in [0.15, 0.2) is 0 Å². The van der Waals surface area contributed by atoms with E-state index in [0.29, 0.717) is 10.7 Å². The Balaban J connectivity index is 1.92. The molecule has 1 amide bonds. The van der Waals surface area contributed by atoms with Crippen molar-refractivity contribution in [2.75, 3.05) is 25.9 Å². The summed E-state index contributed by atoms with van der Waals surface area (Å²) in [5, 5.41) is 6.65. The Morgan fingerprint density at radius 2 is 2.05 bits per heavy atom. The van der Waals surface area contributed by atoms with Crippen LogP contribution in [-0.4, -0.2) is 36.5 Å². The third-order valence-electron chi connectivity index (χ3n) is 4.97. The van der Waals surface area contributed by atoms with Gasteiger partial charge in [-0.25, -0.2) is 0 Å². The van der Waals surface area contributed by atoms with Crippen molar-refractivity contribution in [1.29, 1.82) is 0 Å². The van der Waals surface area contributed by atoms with Crippen molar-refractivity contribution in [2.45, 2.75) is 56.6 Å². The quantitative estimate of drug-likeness (QED) is 0.787. The largest absolute Gasteiger partial charge is 0.354 e. The van der Waals surface area contributed by atoms with Crippen molar-refractivity contribution >= 4 is 17.7 Å². The molecule has 1 unspecified atom stereocenters. The zero-order valence-electron chi connectivity index (χ0n) is 12.4. The summed E-state index contributed by atoms with van der Waals surface area (Å²) in [5.41, 5.74) is -0.132. The molecule has 0 radical (unpaired) electrons. The van der Waals surface area contributed by atoms with Gasteiger partial charge in [-0.3, -0.25) is 4.79 Å². The van der Waals surface area contributed by atoms with Crippen LogP contribution in [0.4, 0.5) is 0 Å². The SMILES string of the molecule is CCCC1(C(=O)NCC2(SC)CCCC2)CCNC1. The molecule has 2 rings (SSSR count). The highest BCUT2D eigenvalue weighted by Crippen LogP contribution is 2.40. The average Bonchev–Trinajstić information content (AvgIpc) is 3.07. The molecule has 1 aliphatic carbocycles. The van der Waals surface area contributed by atoms with E-state index in [-0.39, 0.29) is 5.41 Å². The summed E-state index contributed by atoms with van der Waals surface area (Å²) in [6.45, 7) is 4.88. The third kappa shape index (κ3) is 3.27. The van der Waals surface area contributed by atoms with Crippen LogP contribution in [0.3, 0.4) is 0 Å². The van der Waals surface area contributed by atoms with Crippen molar-refractivity contribution in [3.63, 3.8) is 0 Å². The molecule has 0 bridgehead atoms. The summed E-state index contributed by atoms with van der Waals surface area (Å²) in [6, 6.07) is 0. The summed E-state index contributed by atoms with van der Waals surface area (Å²) < 4.78 is 0.315. The molecule has 2 aliphatic rings. The molecule has 3 nitrogen and oxygen atoms in total. The number of carbonyl (C=O) groups excluding carboxylic acids is 1. The average molecular weight is 284 g/mol. The maximum Gasteiger partial charge on any atom is 0.227 e. The molecule has 2 fully saturated rings. The molecule has 2 N–H and O–H groups in total. The van der Waals surface area contributed by atoms with E-state index in [1.807, 2.05) is 11.8 Å². The zero-order valence-corrected chi connectivity index (χ0v) is 13.2. The summed E-state index contributed by atoms with van der Waals surface area (Å²) in [4.78, 5) is 12.6. The van der Waals surface area contributed by atoms with Gasteiger partial charge in [0.15, 0.2) is 0 Å². The fourth-order valence-corrected chi connectivity index (χ4v) is 4.56. The Bertz CT molecular complexity index is 307. The highest BCUT2D eigenvalue weighted by atomic mass is 32.2. The smallest absolute Gasteiger partial charge is 0.227 e. The highest BCUT2D eigenvalue weighted by molar-refractivity contribution is 8.00. The Labute approximate surface area is 121 Å². The maximum absolute atomic E-state index is 12.6. The minimum atomic E-state index is -0.132. The first kappa shape index (κ1) is 15.2. The first-order valence-electron chi connectivity index (χ1n) is 7.71. The monoisotopic (exact) mass is 284 g/mol. The van der Waals surface area contributed by atoms with Crippen LogP contribution >= 0.6 is 11.8 Å². The van der Waals surface area contributed by atoms with Gasteiger partial charge >= 0.3 is 0 Å². The topological polar surface area (TPSA) is 41.1 Å². The molecule has 0 spiro atoms. The number of amides is 1. The first-order chi connectivity index (χ1) is 9.16. The number of hydrogen-bond donors (Lipinski definition) is 2. The lowest BCUT2D eigenvalue weighted by Gasteiger charge is -2.31. The predicted octanol–water partition coefficient (Wildman–Crippen LogP) is 2.56. The summed E-state index contributed by atoms with van der Waals surface area (Å²) >= 11 is 1.95. The molecule has 4 heteroatoms. The summed E-state index contributed by atoms with van der Waals surface area (Å²) in [6.07, 6.45) is 10.4. The van der Waals surface area contributed by atoms with Gasteiger partial charge in [-0.1, -0.05) is 26.2 Å². The number of carbonyl (C=O) groups is 1. The molecule has 1 saturated heterocycles. The number of thioether (sulfide) groups is 1. The Morgan fingerprint density at radius 3 is 2.58 bits per heavy atom. The fraction of sp³-hybridized carbons (Fsp3) is 0.933. The zero-order chi connectivity index (χ0) is 13.8. The molecule has 0 aromatic heterocycles. The van der Waals surface area contributed by atoms with E-state index in [1.54, 1.807) is 0 Å². The first-order valence-corrected chi connectivity index (χ1v) is 8.93. The molecule has 19 heavy (non-hydrogen) atoms. The molecule has 1 heterocycles. The molecule has 0 aromatic carbocycles. The van der Waals surface area contributed by atoms with Crippen LogP contribution in [0.5, 0.6) is 0 Å². The second-order valence-corrected chi connectivity index (χ2v) is 7.51. The molecule has 0 aromatic rings. The fourth-order valence-electron chi connectivity index (χ4n) is 3.64. The molecular formula is C15H28N2OS. The van der Waals surface area contributed by atoms with Crippen LogP contribution in [0.25, 0.3) is 0 Å². The van der Waals surface area contributed by atoms with Gasteiger partial charge in [0.25, 0.3) is 0 Å². The van der Waals surface area contributed by atoms with Gasteiger partial charge in [0, 0.05) is 17.8 Å². The predicted molar refractivity (Wildman–Crippen MR) is 82.6 cm³/mol. The Hall–Kier alpha value is -0.220. The highest BCUT2D eigenvalue weighted by Gasteiger charge is 2.41. The van der Waals surface area contributed by atoms with E-state index in [2.05, 4.69) is 23.8 Å². The Kier molecular flexibility index (Phi) is 5.18. The van der Waals surface area contributed by atoms with Crippen LogP contribution in [0.2, 0.25) is 0 Å². The molecule has 1 atom stereocenters. The van der Waals surface area contributed by atoms with Crippen molar-refractivity contribution in [3.8, 4) is 0 Å². The normalized spacial score (nSPS) is 29.6. The molecule has 1 aliphatic heterocycles. The van der Waals surface area contributed by atoms with E-state index in [0.717, 1.165) is 38.9 Å². The summed E-state index contributed by atoms with van der Waals surface area (Å²) in [5.74, 6) is 0.291. The van der Waals surface area contributed by atoms with Crippen molar-refractivity contribution < 1.29 is 4.79 Å². The van der Waals surface area contributed by atoms with Gasteiger partial charge in [-0.15, -0.1) is 0 Å². The van der Waals surface area contributed by atoms with E-state index >= 15 is 0 Å². The lowest BCUT2D eigenvalue weighted by Crippen LogP contribution is -2.47. The van der Waals surface area contributed by atoms with Crippen molar-refractivity contribution in [2.24, 2.45) is 5.41 Å². The van der Waals surface area contributed by atoms with Crippen LogP contribution < -0.4 is 10.6 Å². The summed E-state index contributed by atoms with van der Waals surface area (Å²) in [7, 11) is 0. The maximum atomic E-state index is 12.6. The van der Waals surface area contributed by atoms with Crippen LogP contribution in [0, 0.1) is 5.41 Å².